The standard InChI is InChI=1S/C15H20ClNO3/c1-10(2)13-9-15(14(18)19,6-7-20-13)17-12-5-3-4-11(16)8-12/h3-5,8,10,13,17H,6-7,9H2,1-2H3,(H,18,19). The van der Waals surface area contributed by atoms with Gasteiger partial charge in [0, 0.05) is 30.2 Å². The molecule has 0 radical (unpaired) electrons. The van der Waals surface area contributed by atoms with E-state index in [-0.39, 0.29) is 12.0 Å². The number of benzene rings is 1. The van der Waals surface area contributed by atoms with E-state index >= 15 is 0 Å². The molecule has 20 heavy (non-hydrogen) atoms. The molecule has 0 aromatic heterocycles. The van der Waals surface area contributed by atoms with E-state index in [0.717, 1.165) is 5.69 Å². The lowest BCUT2D eigenvalue weighted by Crippen LogP contribution is -2.53. The highest BCUT2D eigenvalue weighted by atomic mass is 35.5. The van der Waals surface area contributed by atoms with Crippen molar-refractivity contribution in [3.8, 4) is 0 Å². The molecule has 0 spiro atoms. The smallest absolute Gasteiger partial charge is 0.329 e. The van der Waals surface area contributed by atoms with Crippen molar-refractivity contribution in [2.24, 2.45) is 5.92 Å². The average Bonchev–Trinajstić information content (AvgIpc) is 2.38. The Morgan fingerprint density at radius 1 is 1.55 bits per heavy atom. The van der Waals surface area contributed by atoms with Crippen molar-refractivity contribution < 1.29 is 14.6 Å². The van der Waals surface area contributed by atoms with Crippen LogP contribution in [0.5, 0.6) is 0 Å². The zero-order chi connectivity index (χ0) is 14.8. The Morgan fingerprint density at radius 2 is 2.30 bits per heavy atom. The predicted octanol–water partition coefficient (Wildman–Crippen LogP) is 3.41. The van der Waals surface area contributed by atoms with Crippen LogP contribution in [0.25, 0.3) is 0 Å². The van der Waals surface area contributed by atoms with Crippen LogP contribution in [-0.4, -0.2) is 29.3 Å². The summed E-state index contributed by atoms with van der Waals surface area (Å²) in [6.45, 7) is 4.53. The number of halogens is 1. The molecule has 1 aromatic carbocycles. The first-order chi connectivity index (χ1) is 9.43. The van der Waals surface area contributed by atoms with Gasteiger partial charge < -0.3 is 15.2 Å². The minimum absolute atomic E-state index is 0.0495. The second-order valence-corrected chi connectivity index (χ2v) is 6.07. The zero-order valence-electron chi connectivity index (χ0n) is 11.7. The zero-order valence-corrected chi connectivity index (χ0v) is 12.5. The van der Waals surface area contributed by atoms with E-state index < -0.39 is 11.5 Å². The van der Waals surface area contributed by atoms with Crippen molar-refractivity contribution in [3.63, 3.8) is 0 Å². The summed E-state index contributed by atoms with van der Waals surface area (Å²) < 4.78 is 5.68. The summed E-state index contributed by atoms with van der Waals surface area (Å²) in [6.07, 6.45) is 0.844. The van der Waals surface area contributed by atoms with Crippen LogP contribution < -0.4 is 5.32 Å². The highest BCUT2D eigenvalue weighted by molar-refractivity contribution is 6.30. The molecule has 1 aliphatic heterocycles. The first-order valence-electron chi connectivity index (χ1n) is 6.82. The normalized spacial score (nSPS) is 26.5. The van der Waals surface area contributed by atoms with Gasteiger partial charge in [-0.15, -0.1) is 0 Å². The molecule has 1 saturated heterocycles. The number of ether oxygens (including phenoxy) is 1. The van der Waals surface area contributed by atoms with Gasteiger partial charge in [-0.2, -0.15) is 0 Å². The van der Waals surface area contributed by atoms with Gasteiger partial charge in [-0.05, 0) is 24.1 Å². The number of hydrogen-bond acceptors (Lipinski definition) is 3. The van der Waals surface area contributed by atoms with Crippen LogP contribution in [0.4, 0.5) is 5.69 Å². The minimum Gasteiger partial charge on any atom is -0.480 e. The summed E-state index contributed by atoms with van der Waals surface area (Å²) >= 11 is 5.95. The molecule has 0 bridgehead atoms. The van der Waals surface area contributed by atoms with E-state index in [4.69, 9.17) is 16.3 Å². The fourth-order valence-electron chi connectivity index (χ4n) is 2.52. The van der Waals surface area contributed by atoms with Gasteiger partial charge in [-0.1, -0.05) is 31.5 Å². The van der Waals surface area contributed by atoms with Crippen molar-refractivity contribution in [1.82, 2.24) is 0 Å². The Morgan fingerprint density at radius 3 is 2.90 bits per heavy atom. The largest absolute Gasteiger partial charge is 0.480 e. The molecule has 110 valence electrons. The van der Waals surface area contributed by atoms with Crippen LogP contribution in [0.15, 0.2) is 24.3 Å². The quantitative estimate of drug-likeness (QED) is 0.894. The van der Waals surface area contributed by atoms with Crippen LogP contribution >= 0.6 is 11.6 Å². The molecule has 2 unspecified atom stereocenters. The second kappa shape index (κ2) is 6.02. The number of nitrogens with one attached hydrogen (secondary N) is 1. The SMILES string of the molecule is CC(C)C1CC(Nc2cccc(Cl)c2)(C(=O)O)CCO1. The summed E-state index contributed by atoms with van der Waals surface area (Å²) in [5.74, 6) is -0.554. The van der Waals surface area contributed by atoms with Crippen molar-refractivity contribution in [3.05, 3.63) is 29.3 Å². The Hall–Kier alpha value is -1.26. The van der Waals surface area contributed by atoms with Gasteiger partial charge in [-0.25, -0.2) is 4.79 Å². The molecule has 2 atom stereocenters. The maximum atomic E-state index is 11.8. The molecule has 0 aliphatic carbocycles. The van der Waals surface area contributed by atoms with Crippen molar-refractivity contribution in [2.75, 3.05) is 11.9 Å². The van der Waals surface area contributed by atoms with Gasteiger partial charge in [0.2, 0.25) is 0 Å². The Labute approximate surface area is 124 Å². The number of anilines is 1. The van der Waals surface area contributed by atoms with Crippen molar-refractivity contribution in [1.29, 1.82) is 0 Å². The maximum absolute atomic E-state index is 11.8. The molecule has 1 aromatic rings. The van der Waals surface area contributed by atoms with Crippen LogP contribution in [-0.2, 0) is 9.53 Å². The summed E-state index contributed by atoms with van der Waals surface area (Å²) in [4.78, 5) is 11.8. The van der Waals surface area contributed by atoms with Gasteiger partial charge >= 0.3 is 5.97 Å². The molecule has 1 heterocycles. The van der Waals surface area contributed by atoms with Crippen molar-refractivity contribution in [2.45, 2.75) is 38.3 Å². The summed E-state index contributed by atoms with van der Waals surface area (Å²) in [6, 6.07) is 7.14. The van der Waals surface area contributed by atoms with Crippen molar-refractivity contribution >= 4 is 23.3 Å². The monoisotopic (exact) mass is 297 g/mol. The maximum Gasteiger partial charge on any atom is 0.329 e. The lowest BCUT2D eigenvalue weighted by Gasteiger charge is -2.40. The second-order valence-electron chi connectivity index (χ2n) is 5.63. The number of carbonyl (C=O) groups is 1. The van der Waals surface area contributed by atoms with E-state index in [1.54, 1.807) is 18.2 Å². The van der Waals surface area contributed by atoms with Gasteiger partial charge in [-0.3, -0.25) is 0 Å². The van der Waals surface area contributed by atoms with E-state index in [0.29, 0.717) is 24.5 Å². The number of carboxylic acids is 1. The van der Waals surface area contributed by atoms with E-state index in [1.807, 2.05) is 19.9 Å². The molecule has 1 fully saturated rings. The highest BCUT2D eigenvalue weighted by Crippen LogP contribution is 2.32. The van der Waals surface area contributed by atoms with Crippen LogP contribution in [0.2, 0.25) is 5.02 Å². The average molecular weight is 298 g/mol. The number of carboxylic acid groups (broad SMARTS) is 1. The van der Waals surface area contributed by atoms with Gasteiger partial charge in [0.25, 0.3) is 0 Å². The topological polar surface area (TPSA) is 58.6 Å². The molecule has 2 N–H and O–H groups in total. The third kappa shape index (κ3) is 3.25. The van der Waals surface area contributed by atoms with Crippen LogP contribution in [0.1, 0.15) is 26.7 Å². The summed E-state index contributed by atoms with van der Waals surface area (Å²) in [5.41, 5.74) is -0.262. The van der Waals surface area contributed by atoms with Gasteiger partial charge in [0.05, 0.1) is 6.10 Å². The number of hydrogen-bond donors (Lipinski definition) is 2. The lowest BCUT2D eigenvalue weighted by molar-refractivity contribution is -0.149. The molecular formula is C15H20ClNO3. The first-order valence-corrected chi connectivity index (χ1v) is 7.19. The Balaban J connectivity index is 2.23. The molecule has 0 saturated carbocycles. The molecular weight excluding hydrogens is 278 g/mol. The fraction of sp³-hybridized carbons (Fsp3) is 0.533. The Bertz CT molecular complexity index is 492. The molecule has 4 nitrogen and oxygen atoms in total. The summed E-state index contributed by atoms with van der Waals surface area (Å²) in [7, 11) is 0. The third-order valence-electron chi connectivity index (χ3n) is 3.77. The Kier molecular flexibility index (Phi) is 4.55. The third-order valence-corrected chi connectivity index (χ3v) is 4.01. The number of rotatable bonds is 4. The molecule has 0 amide bonds. The molecule has 5 heteroatoms. The van der Waals surface area contributed by atoms with Crippen LogP contribution in [0, 0.1) is 5.92 Å². The molecule has 1 aliphatic rings. The fourth-order valence-corrected chi connectivity index (χ4v) is 2.71. The predicted molar refractivity (Wildman–Crippen MR) is 79.3 cm³/mol. The van der Waals surface area contributed by atoms with E-state index in [9.17, 15) is 9.90 Å². The van der Waals surface area contributed by atoms with Crippen LogP contribution in [0.3, 0.4) is 0 Å². The van der Waals surface area contributed by atoms with E-state index in [2.05, 4.69) is 5.32 Å². The lowest BCUT2D eigenvalue weighted by atomic mass is 9.83. The summed E-state index contributed by atoms with van der Waals surface area (Å²) in [5, 5.41) is 13.4. The van der Waals surface area contributed by atoms with E-state index in [1.165, 1.54) is 0 Å². The minimum atomic E-state index is -0.988. The molecule has 2 rings (SSSR count). The number of aliphatic carboxylic acids is 1. The van der Waals surface area contributed by atoms with Gasteiger partial charge in [0.1, 0.15) is 5.54 Å². The highest BCUT2D eigenvalue weighted by Gasteiger charge is 2.44. The van der Waals surface area contributed by atoms with Gasteiger partial charge in [0.15, 0.2) is 0 Å². The first kappa shape index (κ1) is 15.1.